The van der Waals surface area contributed by atoms with Crippen molar-refractivity contribution in [3.05, 3.63) is 98.8 Å². The van der Waals surface area contributed by atoms with Gasteiger partial charge in [0, 0.05) is 22.1 Å². The molecule has 37 heavy (non-hydrogen) atoms. The van der Waals surface area contributed by atoms with E-state index in [1.807, 2.05) is 54.6 Å². The fourth-order valence-corrected chi connectivity index (χ4v) is 5.24. The van der Waals surface area contributed by atoms with Crippen LogP contribution in [0, 0.1) is 0 Å². The van der Waals surface area contributed by atoms with Crippen molar-refractivity contribution in [3.8, 4) is 11.4 Å². The van der Waals surface area contributed by atoms with Crippen molar-refractivity contribution in [2.24, 2.45) is 0 Å². The number of carbonyl (C=O) groups is 2. The topological polar surface area (TPSA) is 108 Å². The van der Waals surface area contributed by atoms with E-state index in [0.717, 1.165) is 22.1 Å². The lowest BCUT2D eigenvalue weighted by atomic mass is 9.86. The summed E-state index contributed by atoms with van der Waals surface area (Å²) in [6.07, 6.45) is 0.227. The number of aromatic nitrogens is 2. The van der Waals surface area contributed by atoms with Crippen molar-refractivity contribution in [1.29, 1.82) is 0 Å². The van der Waals surface area contributed by atoms with Gasteiger partial charge in [-0.25, -0.2) is 9.78 Å². The molecule has 2 aromatic heterocycles. The summed E-state index contributed by atoms with van der Waals surface area (Å²) >= 11 is 0. The number of hydrogen-bond acceptors (Lipinski definition) is 7. The lowest BCUT2D eigenvalue weighted by molar-refractivity contribution is -0.172. The van der Waals surface area contributed by atoms with Gasteiger partial charge in [-0.05, 0) is 24.1 Å². The van der Waals surface area contributed by atoms with E-state index in [-0.39, 0.29) is 55.3 Å². The molecule has 4 aromatic rings. The summed E-state index contributed by atoms with van der Waals surface area (Å²) in [4.78, 5) is 43.4. The number of aliphatic hydroxyl groups is 1. The van der Waals surface area contributed by atoms with Gasteiger partial charge in [-0.15, -0.1) is 0 Å². The highest BCUT2D eigenvalue weighted by atomic mass is 16.6. The number of rotatable bonds is 5. The highest BCUT2D eigenvalue weighted by Crippen LogP contribution is 2.40. The first kappa shape index (κ1) is 23.1. The minimum Gasteiger partial charge on any atom is -0.461 e. The zero-order valence-corrected chi connectivity index (χ0v) is 20.2. The van der Waals surface area contributed by atoms with E-state index in [0.29, 0.717) is 16.9 Å². The standard InChI is InChI=1S/C29H24N2O6/c1-2-29(35)22-13-24-26-19(14-31(24)27(33)21(22)16-37-28(29)34)20(18-10-6-7-11-23(18)30-26)15-36-25(32)12-17-8-4-3-5-9-17/h3-11,13,35H,2,12,14-16H2,1H3/t29-/m0/s1. The summed E-state index contributed by atoms with van der Waals surface area (Å²) < 4.78 is 12.4. The molecule has 0 amide bonds. The predicted molar refractivity (Wildman–Crippen MR) is 134 cm³/mol. The van der Waals surface area contributed by atoms with Gasteiger partial charge in [0.2, 0.25) is 0 Å². The van der Waals surface area contributed by atoms with Gasteiger partial charge in [0.25, 0.3) is 5.56 Å². The molecule has 2 aliphatic heterocycles. The van der Waals surface area contributed by atoms with Gasteiger partial charge in [0.1, 0.15) is 13.2 Å². The zero-order chi connectivity index (χ0) is 25.7. The molecule has 4 heterocycles. The quantitative estimate of drug-likeness (QED) is 0.372. The largest absolute Gasteiger partial charge is 0.461 e. The number of carbonyl (C=O) groups excluding carboxylic acids is 2. The molecule has 2 aliphatic rings. The molecular weight excluding hydrogens is 472 g/mol. The highest BCUT2D eigenvalue weighted by Gasteiger charge is 2.45. The van der Waals surface area contributed by atoms with Crippen LogP contribution in [0.3, 0.4) is 0 Å². The van der Waals surface area contributed by atoms with Crippen LogP contribution in [-0.4, -0.2) is 26.6 Å². The average molecular weight is 497 g/mol. The number of cyclic esters (lactones) is 1. The first-order chi connectivity index (χ1) is 17.9. The molecule has 0 bridgehead atoms. The number of ether oxygens (including phenoxy) is 2. The Morgan fingerprint density at radius 3 is 2.65 bits per heavy atom. The summed E-state index contributed by atoms with van der Waals surface area (Å²) in [6, 6.07) is 18.6. The Kier molecular flexibility index (Phi) is 5.42. The van der Waals surface area contributed by atoms with Gasteiger partial charge in [-0.2, -0.15) is 0 Å². The number of fused-ring (bicyclic) bond motifs is 5. The first-order valence-corrected chi connectivity index (χ1v) is 12.2. The van der Waals surface area contributed by atoms with Crippen molar-refractivity contribution < 1.29 is 24.2 Å². The van der Waals surface area contributed by atoms with Crippen LogP contribution in [0.5, 0.6) is 0 Å². The van der Waals surface area contributed by atoms with E-state index in [9.17, 15) is 19.5 Å². The Bertz CT molecular complexity index is 1640. The Hall–Kier alpha value is -4.30. The molecule has 0 saturated carbocycles. The molecule has 6 rings (SSSR count). The van der Waals surface area contributed by atoms with E-state index in [2.05, 4.69) is 0 Å². The Morgan fingerprint density at radius 2 is 1.86 bits per heavy atom. The van der Waals surface area contributed by atoms with Crippen molar-refractivity contribution in [3.63, 3.8) is 0 Å². The second-order valence-electron chi connectivity index (χ2n) is 9.36. The highest BCUT2D eigenvalue weighted by molar-refractivity contribution is 5.89. The van der Waals surface area contributed by atoms with Gasteiger partial charge >= 0.3 is 11.9 Å². The first-order valence-electron chi connectivity index (χ1n) is 12.2. The van der Waals surface area contributed by atoms with E-state index in [1.165, 1.54) is 0 Å². The van der Waals surface area contributed by atoms with Crippen LogP contribution < -0.4 is 5.56 Å². The van der Waals surface area contributed by atoms with E-state index in [4.69, 9.17) is 14.5 Å². The molecule has 0 fully saturated rings. The number of hydrogen-bond donors (Lipinski definition) is 1. The molecule has 0 saturated heterocycles. The molecule has 8 nitrogen and oxygen atoms in total. The van der Waals surface area contributed by atoms with Gasteiger partial charge in [-0.1, -0.05) is 55.5 Å². The van der Waals surface area contributed by atoms with Crippen molar-refractivity contribution in [2.75, 3.05) is 0 Å². The van der Waals surface area contributed by atoms with Crippen molar-refractivity contribution in [2.45, 2.75) is 45.1 Å². The van der Waals surface area contributed by atoms with Crippen LogP contribution in [0.25, 0.3) is 22.3 Å². The van der Waals surface area contributed by atoms with E-state index < -0.39 is 11.6 Å². The van der Waals surface area contributed by atoms with Crippen LogP contribution in [0.4, 0.5) is 0 Å². The molecule has 0 unspecified atom stereocenters. The van der Waals surface area contributed by atoms with Gasteiger partial charge in [0.15, 0.2) is 5.60 Å². The summed E-state index contributed by atoms with van der Waals surface area (Å²) in [7, 11) is 0. The molecule has 0 spiro atoms. The summed E-state index contributed by atoms with van der Waals surface area (Å²) in [6.45, 7) is 1.74. The third-order valence-corrected chi connectivity index (χ3v) is 7.28. The third-order valence-electron chi connectivity index (χ3n) is 7.28. The second kappa shape index (κ2) is 8.67. The van der Waals surface area contributed by atoms with E-state index >= 15 is 0 Å². The monoisotopic (exact) mass is 496 g/mol. The van der Waals surface area contributed by atoms with Crippen LogP contribution >= 0.6 is 0 Å². The number of nitrogens with zero attached hydrogens (tertiary/aromatic N) is 2. The number of para-hydroxylation sites is 1. The predicted octanol–water partition coefficient (Wildman–Crippen LogP) is 3.37. The Morgan fingerprint density at radius 1 is 1.11 bits per heavy atom. The van der Waals surface area contributed by atoms with Gasteiger partial charge in [-0.3, -0.25) is 9.59 Å². The lowest BCUT2D eigenvalue weighted by Crippen LogP contribution is -2.44. The second-order valence-corrected chi connectivity index (χ2v) is 9.36. The van der Waals surface area contributed by atoms with Crippen LogP contribution in [0.15, 0.2) is 65.5 Å². The number of esters is 2. The summed E-state index contributed by atoms with van der Waals surface area (Å²) in [5, 5.41) is 11.9. The third kappa shape index (κ3) is 3.64. The van der Waals surface area contributed by atoms with Crippen LogP contribution in [-0.2, 0) is 50.8 Å². The maximum Gasteiger partial charge on any atom is 0.343 e. The van der Waals surface area contributed by atoms with Crippen LogP contribution in [0.1, 0.15) is 41.2 Å². The summed E-state index contributed by atoms with van der Waals surface area (Å²) in [5.74, 6) is -1.12. The van der Waals surface area contributed by atoms with Crippen molar-refractivity contribution in [1.82, 2.24) is 9.55 Å². The molecular formula is C29H24N2O6. The molecule has 0 radical (unpaired) electrons. The number of benzene rings is 2. The molecule has 1 atom stereocenters. The normalized spacial score (nSPS) is 17.6. The average Bonchev–Trinajstić information content (AvgIpc) is 3.28. The fourth-order valence-electron chi connectivity index (χ4n) is 5.24. The molecule has 8 heteroatoms. The van der Waals surface area contributed by atoms with Crippen molar-refractivity contribution >= 4 is 22.8 Å². The van der Waals surface area contributed by atoms with Gasteiger partial charge in [0.05, 0.1) is 35.4 Å². The molecule has 2 aromatic carbocycles. The fraction of sp³-hybridized carbons (Fsp3) is 0.241. The molecule has 186 valence electrons. The van der Waals surface area contributed by atoms with Gasteiger partial charge < -0.3 is 19.1 Å². The summed E-state index contributed by atoms with van der Waals surface area (Å²) in [5.41, 5.74) is 2.51. The van der Waals surface area contributed by atoms with E-state index in [1.54, 1.807) is 17.6 Å². The minimum absolute atomic E-state index is 0.0278. The lowest BCUT2D eigenvalue weighted by Gasteiger charge is -2.31. The maximum atomic E-state index is 13.5. The molecule has 0 aliphatic carbocycles. The SMILES string of the molecule is CC[C@@]1(O)C(=O)OCc2c1cc1n(c2=O)Cc2c-1nc1ccccc1c2COC(=O)Cc1ccccc1. The zero-order valence-electron chi connectivity index (χ0n) is 20.2. The Balaban J connectivity index is 1.44. The minimum atomic E-state index is -1.89. The Labute approximate surface area is 212 Å². The van der Waals surface area contributed by atoms with Crippen LogP contribution in [0.2, 0.25) is 0 Å². The number of pyridine rings is 2. The maximum absolute atomic E-state index is 13.5. The molecule has 1 N–H and O–H groups in total. The smallest absolute Gasteiger partial charge is 0.343 e.